The molecule has 7 heteroatoms. The Balaban J connectivity index is 1.45. The summed E-state index contributed by atoms with van der Waals surface area (Å²) in [7, 11) is 0. The fraction of sp³-hybridized carbons (Fsp3) is 0.348. The number of urea groups is 1. The first-order valence-corrected chi connectivity index (χ1v) is 11.1. The van der Waals surface area contributed by atoms with Gasteiger partial charge in [-0.05, 0) is 49.2 Å². The van der Waals surface area contributed by atoms with Crippen LogP contribution in [0.1, 0.15) is 48.9 Å². The van der Waals surface area contributed by atoms with Crippen LogP contribution in [0.25, 0.3) is 0 Å². The summed E-state index contributed by atoms with van der Waals surface area (Å²) in [5, 5.41) is 5.70. The van der Waals surface area contributed by atoms with E-state index in [4.69, 9.17) is 0 Å². The highest BCUT2D eigenvalue weighted by Crippen LogP contribution is 2.17. The lowest BCUT2D eigenvalue weighted by Gasteiger charge is -2.20. The molecule has 3 rings (SSSR count). The maximum Gasteiger partial charge on any atom is 0.321 e. The van der Waals surface area contributed by atoms with Crippen molar-refractivity contribution in [1.29, 1.82) is 0 Å². The molecule has 2 N–H and O–H groups in total. The first-order chi connectivity index (χ1) is 14.5. The molecule has 30 heavy (non-hydrogen) atoms. The number of halogens is 1. The zero-order valence-corrected chi connectivity index (χ0v) is 18.4. The number of benzene rings is 2. The highest BCUT2D eigenvalue weighted by atomic mass is 79.9. The molecule has 158 valence electrons. The van der Waals surface area contributed by atoms with Gasteiger partial charge in [0.25, 0.3) is 0 Å². The summed E-state index contributed by atoms with van der Waals surface area (Å²) in [5.74, 6) is -0.286. The molecule has 0 atom stereocenters. The number of rotatable bonds is 6. The number of likely N-dealkylation sites (tertiary alicyclic amines) is 1. The van der Waals surface area contributed by atoms with Gasteiger partial charge in [0, 0.05) is 47.3 Å². The first kappa shape index (κ1) is 22.0. The molecule has 0 aliphatic carbocycles. The van der Waals surface area contributed by atoms with Gasteiger partial charge in [-0.2, -0.15) is 0 Å². The number of hydrogen-bond donors (Lipinski definition) is 2. The van der Waals surface area contributed by atoms with Crippen molar-refractivity contribution < 1.29 is 14.4 Å². The second kappa shape index (κ2) is 10.9. The fourth-order valence-electron chi connectivity index (χ4n) is 3.34. The average molecular weight is 472 g/mol. The summed E-state index contributed by atoms with van der Waals surface area (Å²) in [6, 6.07) is 14.0. The molecule has 0 unspecified atom stereocenters. The third kappa shape index (κ3) is 6.69. The molecule has 1 aliphatic heterocycles. The number of nitrogens with one attached hydrogen (secondary N) is 2. The molecule has 6 nitrogen and oxygen atoms in total. The van der Waals surface area contributed by atoms with E-state index >= 15 is 0 Å². The number of nitrogens with zero attached hydrogens (tertiary/aromatic N) is 1. The fourth-order valence-corrected chi connectivity index (χ4v) is 3.61. The molecular weight excluding hydrogens is 446 g/mol. The Morgan fingerprint density at radius 2 is 1.33 bits per heavy atom. The van der Waals surface area contributed by atoms with Crippen LogP contribution >= 0.6 is 15.9 Å². The lowest BCUT2D eigenvalue weighted by Crippen LogP contribution is -2.35. The van der Waals surface area contributed by atoms with Crippen molar-refractivity contribution >= 4 is 45.0 Å². The SMILES string of the molecule is O=C(CCC(=O)c1ccc(Br)cc1)Nc1ccc(NC(=O)N2CCCCCC2)cc1. The van der Waals surface area contributed by atoms with Gasteiger partial charge in [0.2, 0.25) is 5.91 Å². The summed E-state index contributed by atoms with van der Waals surface area (Å²) < 4.78 is 0.905. The van der Waals surface area contributed by atoms with Crippen LogP contribution in [0.3, 0.4) is 0 Å². The number of carbonyl (C=O) groups excluding carboxylic acids is 3. The highest BCUT2D eigenvalue weighted by molar-refractivity contribution is 9.10. The van der Waals surface area contributed by atoms with Crippen molar-refractivity contribution in [2.24, 2.45) is 0 Å². The van der Waals surface area contributed by atoms with Gasteiger partial charge in [-0.3, -0.25) is 9.59 Å². The van der Waals surface area contributed by atoms with Gasteiger partial charge in [-0.15, -0.1) is 0 Å². The normalized spacial score (nSPS) is 14.0. The molecule has 2 aromatic carbocycles. The second-order valence-corrected chi connectivity index (χ2v) is 8.30. The monoisotopic (exact) mass is 471 g/mol. The Hall–Kier alpha value is -2.67. The standard InChI is InChI=1S/C23H26BrN3O3/c24-18-7-5-17(6-8-18)21(28)13-14-22(29)25-19-9-11-20(12-10-19)26-23(30)27-15-3-1-2-4-16-27/h5-12H,1-4,13-16H2,(H,25,29)(H,26,30). The predicted molar refractivity (Wildman–Crippen MR) is 122 cm³/mol. The quantitative estimate of drug-likeness (QED) is 0.549. The molecule has 1 aliphatic rings. The number of Topliss-reactive ketones (excluding diaryl/α,β-unsaturated/α-hetero) is 1. The van der Waals surface area contributed by atoms with Crippen LogP contribution in [0.2, 0.25) is 0 Å². The Labute approximate surface area is 185 Å². The van der Waals surface area contributed by atoms with Crippen LogP contribution < -0.4 is 10.6 Å². The van der Waals surface area contributed by atoms with Crippen LogP contribution in [0, 0.1) is 0 Å². The van der Waals surface area contributed by atoms with Crippen molar-refractivity contribution in [3.63, 3.8) is 0 Å². The summed E-state index contributed by atoms with van der Waals surface area (Å²) >= 11 is 3.33. The number of anilines is 2. The van der Waals surface area contributed by atoms with E-state index in [1.807, 2.05) is 4.90 Å². The van der Waals surface area contributed by atoms with Crippen molar-refractivity contribution in [2.75, 3.05) is 23.7 Å². The minimum atomic E-state index is -0.221. The van der Waals surface area contributed by atoms with Crippen LogP contribution in [-0.4, -0.2) is 35.7 Å². The molecular formula is C23H26BrN3O3. The molecule has 0 radical (unpaired) electrons. The van der Waals surface area contributed by atoms with Crippen molar-refractivity contribution in [3.8, 4) is 0 Å². The molecule has 0 aromatic heterocycles. The zero-order chi connectivity index (χ0) is 21.3. The number of amides is 3. The summed E-state index contributed by atoms with van der Waals surface area (Å²) in [6.07, 6.45) is 4.70. The minimum absolute atomic E-state index is 0.0655. The number of carbonyl (C=O) groups is 3. The summed E-state index contributed by atoms with van der Waals surface area (Å²) in [6.45, 7) is 1.58. The van der Waals surface area contributed by atoms with Gasteiger partial charge >= 0.3 is 6.03 Å². The van der Waals surface area contributed by atoms with E-state index in [-0.39, 0.29) is 30.6 Å². The van der Waals surface area contributed by atoms with Crippen LogP contribution in [-0.2, 0) is 4.79 Å². The zero-order valence-electron chi connectivity index (χ0n) is 16.8. The smallest absolute Gasteiger partial charge is 0.321 e. The molecule has 0 saturated carbocycles. The van der Waals surface area contributed by atoms with Gasteiger partial charge in [0.05, 0.1) is 0 Å². The molecule has 1 saturated heterocycles. The second-order valence-electron chi connectivity index (χ2n) is 7.39. The third-order valence-corrected chi connectivity index (χ3v) is 5.59. The average Bonchev–Trinajstić information content (AvgIpc) is 3.04. The van der Waals surface area contributed by atoms with Crippen molar-refractivity contribution in [2.45, 2.75) is 38.5 Å². The van der Waals surface area contributed by atoms with Crippen LogP contribution in [0.4, 0.5) is 16.2 Å². The van der Waals surface area contributed by atoms with E-state index in [1.54, 1.807) is 48.5 Å². The van der Waals surface area contributed by atoms with Crippen LogP contribution in [0.15, 0.2) is 53.0 Å². The summed E-state index contributed by atoms with van der Waals surface area (Å²) in [4.78, 5) is 38.6. The van der Waals surface area contributed by atoms with Gasteiger partial charge in [-0.1, -0.05) is 40.9 Å². The third-order valence-electron chi connectivity index (χ3n) is 5.06. The Kier molecular flexibility index (Phi) is 8.02. The topological polar surface area (TPSA) is 78.5 Å². The number of hydrogen-bond acceptors (Lipinski definition) is 3. The highest BCUT2D eigenvalue weighted by Gasteiger charge is 2.15. The van der Waals surface area contributed by atoms with Gasteiger partial charge in [0.1, 0.15) is 0 Å². The number of ketones is 1. The predicted octanol–water partition coefficient (Wildman–Crippen LogP) is 5.46. The molecule has 0 spiro atoms. The van der Waals surface area contributed by atoms with Gasteiger partial charge < -0.3 is 15.5 Å². The maximum absolute atomic E-state index is 12.4. The minimum Gasteiger partial charge on any atom is -0.326 e. The van der Waals surface area contributed by atoms with Gasteiger partial charge in [0.15, 0.2) is 5.78 Å². The molecule has 3 amide bonds. The molecule has 1 heterocycles. The first-order valence-electron chi connectivity index (χ1n) is 10.3. The Bertz CT molecular complexity index is 874. The van der Waals surface area contributed by atoms with Crippen molar-refractivity contribution in [1.82, 2.24) is 4.90 Å². The van der Waals surface area contributed by atoms with Crippen LogP contribution in [0.5, 0.6) is 0 Å². The van der Waals surface area contributed by atoms with E-state index in [0.717, 1.165) is 30.4 Å². The molecule has 0 bridgehead atoms. The van der Waals surface area contributed by atoms with Gasteiger partial charge in [-0.25, -0.2) is 4.79 Å². The maximum atomic E-state index is 12.4. The lowest BCUT2D eigenvalue weighted by molar-refractivity contribution is -0.116. The van der Waals surface area contributed by atoms with Crippen molar-refractivity contribution in [3.05, 3.63) is 58.6 Å². The van der Waals surface area contributed by atoms with E-state index in [0.29, 0.717) is 16.9 Å². The molecule has 1 fully saturated rings. The van der Waals surface area contributed by atoms with E-state index in [1.165, 1.54) is 12.8 Å². The molecule has 2 aromatic rings. The lowest BCUT2D eigenvalue weighted by atomic mass is 10.1. The Morgan fingerprint density at radius 1 is 0.767 bits per heavy atom. The van der Waals surface area contributed by atoms with E-state index < -0.39 is 0 Å². The Morgan fingerprint density at radius 3 is 1.93 bits per heavy atom. The summed E-state index contributed by atoms with van der Waals surface area (Å²) in [5.41, 5.74) is 1.91. The van der Waals surface area contributed by atoms with E-state index in [9.17, 15) is 14.4 Å². The van der Waals surface area contributed by atoms with E-state index in [2.05, 4.69) is 26.6 Å². The largest absolute Gasteiger partial charge is 0.326 e.